The third kappa shape index (κ3) is 3.89. The van der Waals surface area contributed by atoms with E-state index in [1.807, 2.05) is 0 Å². The van der Waals surface area contributed by atoms with Crippen LogP contribution in [-0.2, 0) is 6.18 Å². The predicted molar refractivity (Wildman–Crippen MR) is 73.6 cm³/mol. The molecule has 0 saturated carbocycles. The van der Waals surface area contributed by atoms with Crippen LogP contribution >= 0.6 is 23.2 Å². The Morgan fingerprint density at radius 2 is 1.82 bits per heavy atom. The first-order chi connectivity index (χ1) is 10.1. The smallest absolute Gasteiger partial charge is 0.374 e. The first-order valence-electron chi connectivity index (χ1n) is 5.63. The van der Waals surface area contributed by atoms with E-state index in [9.17, 15) is 33.4 Å². The molecule has 22 heavy (non-hydrogen) atoms. The number of hydrogen-bond donors (Lipinski definition) is 1. The van der Waals surface area contributed by atoms with Crippen molar-refractivity contribution < 1.29 is 23.0 Å². The van der Waals surface area contributed by atoms with Crippen molar-refractivity contribution in [3.05, 3.63) is 36.9 Å². The maximum atomic E-state index is 12.8. The number of anilines is 1. The number of nitro groups is 2. The van der Waals surface area contributed by atoms with Gasteiger partial charge in [0.25, 0.3) is 5.69 Å². The number of nitrogens with one attached hydrogen (secondary N) is 1. The number of rotatable bonds is 6. The van der Waals surface area contributed by atoms with E-state index < -0.39 is 43.7 Å². The van der Waals surface area contributed by atoms with E-state index in [-0.39, 0.29) is 24.9 Å². The lowest BCUT2D eigenvalue weighted by Gasteiger charge is -2.13. The van der Waals surface area contributed by atoms with Gasteiger partial charge in [0.2, 0.25) is 0 Å². The van der Waals surface area contributed by atoms with E-state index in [0.717, 1.165) is 0 Å². The molecule has 0 saturated heterocycles. The highest BCUT2D eigenvalue weighted by Gasteiger charge is 2.41. The van der Waals surface area contributed by atoms with Gasteiger partial charge in [-0.05, 0) is 6.42 Å². The molecule has 122 valence electrons. The van der Waals surface area contributed by atoms with Crippen molar-refractivity contribution in [1.82, 2.24) is 0 Å². The summed E-state index contributed by atoms with van der Waals surface area (Å²) in [6, 6.07) is 0.165. The number of hydrogen-bond acceptors (Lipinski definition) is 5. The van der Waals surface area contributed by atoms with Gasteiger partial charge in [-0.2, -0.15) is 13.2 Å². The highest BCUT2D eigenvalue weighted by molar-refractivity contribution is 6.34. The van der Waals surface area contributed by atoms with Crippen molar-refractivity contribution in [3.8, 4) is 0 Å². The minimum atomic E-state index is -5.07. The van der Waals surface area contributed by atoms with Crippen LogP contribution in [0.25, 0.3) is 0 Å². The molecule has 1 N–H and O–H groups in total. The van der Waals surface area contributed by atoms with Gasteiger partial charge in [0.15, 0.2) is 5.69 Å². The summed E-state index contributed by atoms with van der Waals surface area (Å²) in [5.74, 6) is 0.156. The summed E-state index contributed by atoms with van der Waals surface area (Å²) in [6.45, 7) is -0.00707. The molecule has 0 unspecified atom stereocenters. The normalized spacial score (nSPS) is 11.3. The fourth-order valence-corrected chi connectivity index (χ4v) is 2.07. The van der Waals surface area contributed by atoms with E-state index in [1.165, 1.54) is 0 Å². The maximum absolute atomic E-state index is 12.8. The minimum absolute atomic E-state index is 0.00707. The fourth-order valence-electron chi connectivity index (χ4n) is 1.61. The van der Waals surface area contributed by atoms with Gasteiger partial charge in [-0.25, -0.2) is 0 Å². The zero-order valence-electron chi connectivity index (χ0n) is 10.6. The second-order valence-electron chi connectivity index (χ2n) is 3.96. The monoisotopic (exact) mass is 361 g/mol. The molecule has 0 aromatic heterocycles. The minimum Gasteiger partial charge on any atom is -0.374 e. The summed E-state index contributed by atoms with van der Waals surface area (Å²) < 4.78 is 38.4. The van der Waals surface area contributed by atoms with Crippen LogP contribution < -0.4 is 5.32 Å². The lowest BCUT2D eigenvalue weighted by Crippen LogP contribution is -2.13. The molecule has 0 aliphatic rings. The molecule has 0 amide bonds. The van der Waals surface area contributed by atoms with Gasteiger partial charge in [0.05, 0.1) is 15.4 Å². The number of nitro benzene ring substituents is 2. The molecule has 7 nitrogen and oxygen atoms in total. The summed E-state index contributed by atoms with van der Waals surface area (Å²) in [6.07, 6.45) is -4.78. The van der Waals surface area contributed by atoms with E-state index in [1.54, 1.807) is 0 Å². The summed E-state index contributed by atoms with van der Waals surface area (Å²) in [5.41, 5.74) is -4.61. The van der Waals surface area contributed by atoms with Gasteiger partial charge in [0, 0.05) is 18.5 Å². The van der Waals surface area contributed by atoms with Gasteiger partial charge in [0.1, 0.15) is 5.02 Å². The molecule has 1 rings (SSSR count). The Morgan fingerprint density at radius 3 is 2.23 bits per heavy atom. The molecule has 1 aromatic carbocycles. The van der Waals surface area contributed by atoms with Crippen molar-refractivity contribution >= 4 is 40.3 Å². The summed E-state index contributed by atoms with van der Waals surface area (Å²) >= 11 is 10.8. The first-order valence-corrected chi connectivity index (χ1v) is 6.54. The number of alkyl halides is 4. The highest BCUT2D eigenvalue weighted by atomic mass is 35.5. The SMILES string of the molecule is O=[N+]([O-])c1cc(C(F)(F)F)c(Cl)c([N+](=O)[O-])c1NCCCCl. The van der Waals surface area contributed by atoms with Crippen LogP contribution in [0.4, 0.5) is 30.2 Å². The Hall–Kier alpha value is -1.81. The lowest BCUT2D eigenvalue weighted by atomic mass is 10.1. The largest absolute Gasteiger partial charge is 0.418 e. The molecule has 0 aliphatic carbocycles. The number of benzene rings is 1. The number of halogens is 5. The molecular weight excluding hydrogens is 354 g/mol. The molecular formula is C10H8Cl2F3N3O4. The Balaban J connectivity index is 3.62. The second-order valence-corrected chi connectivity index (χ2v) is 4.72. The van der Waals surface area contributed by atoms with Crippen molar-refractivity contribution in [2.45, 2.75) is 12.6 Å². The van der Waals surface area contributed by atoms with Crippen LogP contribution in [0.2, 0.25) is 5.02 Å². The van der Waals surface area contributed by atoms with Crippen LogP contribution in [0.15, 0.2) is 6.07 Å². The van der Waals surface area contributed by atoms with Crippen molar-refractivity contribution in [1.29, 1.82) is 0 Å². The second kappa shape index (κ2) is 6.97. The van der Waals surface area contributed by atoms with Gasteiger partial charge in [-0.3, -0.25) is 20.2 Å². The topological polar surface area (TPSA) is 98.3 Å². The van der Waals surface area contributed by atoms with Crippen molar-refractivity contribution in [3.63, 3.8) is 0 Å². The Bertz CT molecular complexity index is 610. The standard InChI is InChI=1S/C10H8Cl2F3N3O4/c11-2-1-3-16-8-6(17(19)20)4-5(10(13,14)15)7(12)9(8)18(21)22/h4,16H,1-3H2. The zero-order chi connectivity index (χ0) is 17.1. The third-order valence-electron chi connectivity index (χ3n) is 2.52. The van der Waals surface area contributed by atoms with Gasteiger partial charge < -0.3 is 5.32 Å². The molecule has 0 bridgehead atoms. The van der Waals surface area contributed by atoms with E-state index in [4.69, 9.17) is 23.2 Å². The van der Waals surface area contributed by atoms with Gasteiger partial charge in [-0.15, -0.1) is 11.6 Å². The van der Waals surface area contributed by atoms with Crippen LogP contribution in [0, 0.1) is 20.2 Å². The van der Waals surface area contributed by atoms with E-state index in [0.29, 0.717) is 0 Å². The van der Waals surface area contributed by atoms with Crippen LogP contribution in [0.1, 0.15) is 12.0 Å². The number of nitrogens with zero attached hydrogens (tertiary/aromatic N) is 2. The fraction of sp³-hybridized carbons (Fsp3) is 0.400. The molecule has 0 heterocycles. The quantitative estimate of drug-likeness (QED) is 0.354. The Labute approximate surface area is 131 Å². The zero-order valence-corrected chi connectivity index (χ0v) is 12.1. The summed E-state index contributed by atoms with van der Waals surface area (Å²) in [5, 5.41) is 23.1. The molecule has 0 aliphatic heterocycles. The Morgan fingerprint density at radius 1 is 1.23 bits per heavy atom. The van der Waals surface area contributed by atoms with Crippen LogP contribution in [0.5, 0.6) is 0 Å². The molecule has 0 fully saturated rings. The first kappa shape index (κ1) is 18.2. The third-order valence-corrected chi connectivity index (χ3v) is 3.17. The Kier molecular flexibility index (Phi) is 5.78. The lowest BCUT2D eigenvalue weighted by molar-refractivity contribution is -0.392. The molecule has 12 heteroatoms. The van der Waals surface area contributed by atoms with Gasteiger partial charge >= 0.3 is 11.9 Å². The van der Waals surface area contributed by atoms with Crippen molar-refractivity contribution in [2.24, 2.45) is 0 Å². The highest BCUT2D eigenvalue weighted by Crippen LogP contribution is 2.47. The average molecular weight is 362 g/mol. The maximum Gasteiger partial charge on any atom is 0.418 e. The average Bonchev–Trinajstić information content (AvgIpc) is 2.36. The van der Waals surface area contributed by atoms with E-state index >= 15 is 0 Å². The summed E-state index contributed by atoms with van der Waals surface area (Å²) in [7, 11) is 0. The molecule has 1 aromatic rings. The molecule has 0 spiro atoms. The van der Waals surface area contributed by atoms with Crippen molar-refractivity contribution in [2.75, 3.05) is 17.7 Å². The van der Waals surface area contributed by atoms with E-state index in [2.05, 4.69) is 5.32 Å². The van der Waals surface area contributed by atoms with Crippen LogP contribution in [0.3, 0.4) is 0 Å². The predicted octanol–water partition coefficient (Wildman–Crippen LogP) is 4.22. The van der Waals surface area contributed by atoms with Crippen LogP contribution in [-0.4, -0.2) is 22.3 Å². The molecule has 0 radical (unpaired) electrons. The molecule has 0 atom stereocenters. The van der Waals surface area contributed by atoms with Gasteiger partial charge in [-0.1, -0.05) is 11.6 Å². The summed E-state index contributed by atoms with van der Waals surface area (Å²) in [4.78, 5) is 19.6.